The van der Waals surface area contributed by atoms with E-state index in [1.54, 1.807) is 35.3 Å². The van der Waals surface area contributed by atoms with Gasteiger partial charge in [-0.1, -0.05) is 0 Å². The highest BCUT2D eigenvalue weighted by atomic mass is 16.1. The quantitative estimate of drug-likeness (QED) is 0.780. The number of hydrogen-bond donors (Lipinski definition) is 2. The Morgan fingerprint density at radius 2 is 2.19 bits per heavy atom. The van der Waals surface area contributed by atoms with Crippen molar-refractivity contribution < 1.29 is 4.79 Å². The average Bonchev–Trinajstić information content (AvgIpc) is 2.64. The summed E-state index contributed by atoms with van der Waals surface area (Å²) in [5.74, 6) is -0.436. The molecule has 4 N–H and O–H groups in total. The molecule has 0 aliphatic carbocycles. The number of nitrogen functional groups attached to an aromatic ring is 1. The Bertz CT molecular complexity index is 545. The van der Waals surface area contributed by atoms with Gasteiger partial charge in [0.1, 0.15) is 0 Å². The van der Waals surface area contributed by atoms with Gasteiger partial charge in [-0.3, -0.25) is 4.79 Å². The monoisotopic (exact) mass is 216 g/mol. The third kappa shape index (κ3) is 1.75. The highest BCUT2D eigenvalue weighted by Crippen LogP contribution is 2.16. The van der Waals surface area contributed by atoms with Crippen LogP contribution in [0.1, 0.15) is 15.9 Å². The summed E-state index contributed by atoms with van der Waals surface area (Å²) < 4.78 is 1.66. The Labute approximate surface area is 92.7 Å². The average molecular weight is 216 g/mol. The molecular formula is C11H12N4O. The van der Waals surface area contributed by atoms with E-state index in [2.05, 4.69) is 5.10 Å². The maximum Gasteiger partial charge on any atom is 0.248 e. The molecule has 5 nitrogen and oxygen atoms in total. The summed E-state index contributed by atoms with van der Waals surface area (Å²) in [6.45, 7) is 1.89. The van der Waals surface area contributed by atoms with Crippen LogP contribution in [0.15, 0.2) is 30.6 Å². The van der Waals surface area contributed by atoms with Crippen molar-refractivity contribution in [1.29, 1.82) is 0 Å². The largest absolute Gasteiger partial charge is 0.396 e. The van der Waals surface area contributed by atoms with Crippen molar-refractivity contribution in [3.63, 3.8) is 0 Å². The van der Waals surface area contributed by atoms with E-state index in [0.717, 1.165) is 11.3 Å². The number of nitrogens with two attached hydrogens (primary N) is 2. The first-order valence-corrected chi connectivity index (χ1v) is 4.79. The second-order valence-electron chi connectivity index (χ2n) is 3.58. The van der Waals surface area contributed by atoms with Crippen LogP contribution >= 0.6 is 0 Å². The van der Waals surface area contributed by atoms with Crippen molar-refractivity contribution in [2.45, 2.75) is 6.92 Å². The first-order valence-electron chi connectivity index (χ1n) is 4.79. The van der Waals surface area contributed by atoms with Crippen molar-refractivity contribution in [3.05, 3.63) is 41.7 Å². The van der Waals surface area contributed by atoms with Crippen molar-refractivity contribution in [3.8, 4) is 5.69 Å². The second kappa shape index (κ2) is 3.69. The molecule has 0 aliphatic rings. The van der Waals surface area contributed by atoms with Gasteiger partial charge in [0.05, 0.1) is 23.8 Å². The highest BCUT2D eigenvalue weighted by Gasteiger charge is 2.06. The summed E-state index contributed by atoms with van der Waals surface area (Å²) in [6.07, 6.45) is 3.29. The number of amides is 1. The minimum Gasteiger partial charge on any atom is -0.396 e. The predicted molar refractivity (Wildman–Crippen MR) is 61.2 cm³/mol. The lowest BCUT2D eigenvalue weighted by molar-refractivity contribution is 0.1000. The summed E-state index contributed by atoms with van der Waals surface area (Å²) in [7, 11) is 0. The fourth-order valence-electron chi connectivity index (χ4n) is 1.53. The van der Waals surface area contributed by atoms with Crippen molar-refractivity contribution in [2.24, 2.45) is 5.73 Å². The van der Waals surface area contributed by atoms with Gasteiger partial charge in [0, 0.05) is 5.56 Å². The van der Waals surface area contributed by atoms with E-state index in [0.29, 0.717) is 11.3 Å². The number of aryl methyl sites for hydroxylation is 1. The molecule has 0 saturated carbocycles. The van der Waals surface area contributed by atoms with Crippen LogP contribution < -0.4 is 11.5 Å². The number of aromatic nitrogens is 2. The van der Waals surface area contributed by atoms with Gasteiger partial charge < -0.3 is 11.5 Å². The van der Waals surface area contributed by atoms with Gasteiger partial charge in [-0.25, -0.2) is 4.68 Å². The molecule has 16 heavy (non-hydrogen) atoms. The van der Waals surface area contributed by atoms with Gasteiger partial charge in [0.15, 0.2) is 0 Å². The molecule has 0 atom stereocenters. The molecule has 0 radical (unpaired) electrons. The van der Waals surface area contributed by atoms with Gasteiger partial charge in [0.2, 0.25) is 5.91 Å². The molecule has 0 aliphatic heterocycles. The minimum absolute atomic E-state index is 0.436. The number of carbonyl (C=O) groups is 1. The number of hydrogen-bond acceptors (Lipinski definition) is 3. The van der Waals surface area contributed by atoms with Crippen LogP contribution in [0.25, 0.3) is 5.69 Å². The molecule has 0 spiro atoms. The highest BCUT2D eigenvalue weighted by molar-refractivity contribution is 5.93. The number of carbonyl (C=O) groups excluding carboxylic acids is 1. The van der Waals surface area contributed by atoms with Crippen molar-refractivity contribution in [1.82, 2.24) is 9.78 Å². The molecule has 82 valence electrons. The van der Waals surface area contributed by atoms with Gasteiger partial charge >= 0.3 is 0 Å². The lowest BCUT2D eigenvalue weighted by atomic mass is 10.1. The molecule has 1 aromatic heterocycles. The Morgan fingerprint density at radius 3 is 2.69 bits per heavy atom. The molecular weight excluding hydrogens is 204 g/mol. The maximum atomic E-state index is 11.0. The van der Waals surface area contributed by atoms with E-state index in [9.17, 15) is 4.79 Å². The molecule has 2 aromatic rings. The fraction of sp³-hybridized carbons (Fsp3) is 0.0909. The third-order valence-electron chi connectivity index (χ3n) is 2.33. The van der Waals surface area contributed by atoms with Crippen LogP contribution in [0.3, 0.4) is 0 Å². The maximum absolute atomic E-state index is 11.0. The summed E-state index contributed by atoms with van der Waals surface area (Å²) in [5.41, 5.74) is 13.7. The van der Waals surface area contributed by atoms with Crippen LogP contribution in [-0.2, 0) is 0 Å². The third-order valence-corrected chi connectivity index (χ3v) is 2.33. The van der Waals surface area contributed by atoms with Gasteiger partial charge in [-0.05, 0) is 30.7 Å². The fourth-order valence-corrected chi connectivity index (χ4v) is 1.53. The first kappa shape index (κ1) is 10.2. The van der Waals surface area contributed by atoms with E-state index >= 15 is 0 Å². The number of benzene rings is 1. The van der Waals surface area contributed by atoms with Crippen LogP contribution in [-0.4, -0.2) is 15.7 Å². The summed E-state index contributed by atoms with van der Waals surface area (Å²) in [5, 5.41) is 4.10. The summed E-state index contributed by atoms with van der Waals surface area (Å²) in [6, 6.07) is 5.19. The zero-order valence-corrected chi connectivity index (χ0v) is 8.84. The molecule has 0 saturated heterocycles. The molecule has 0 bridgehead atoms. The van der Waals surface area contributed by atoms with Crippen LogP contribution in [0, 0.1) is 6.92 Å². The van der Waals surface area contributed by atoms with Gasteiger partial charge in [-0.2, -0.15) is 5.10 Å². The normalized spacial score (nSPS) is 10.3. The Hall–Kier alpha value is -2.30. The van der Waals surface area contributed by atoms with Crippen molar-refractivity contribution >= 4 is 11.6 Å². The summed E-state index contributed by atoms with van der Waals surface area (Å²) >= 11 is 0. The number of primary amides is 1. The topological polar surface area (TPSA) is 86.9 Å². The molecule has 5 heteroatoms. The molecule has 1 heterocycles. The number of nitrogens with zero attached hydrogens (tertiary/aromatic N) is 2. The molecule has 0 unspecified atom stereocenters. The van der Waals surface area contributed by atoms with Gasteiger partial charge in [0.25, 0.3) is 0 Å². The standard InChI is InChI=1S/C11H12N4O/c1-7-4-8(11(13)16)2-3-10(7)15-6-9(12)5-14-15/h2-6H,12H2,1H3,(H2,13,16). The van der Waals surface area contributed by atoms with E-state index < -0.39 is 5.91 Å². The minimum atomic E-state index is -0.436. The van der Waals surface area contributed by atoms with Crippen LogP contribution in [0.4, 0.5) is 5.69 Å². The zero-order valence-electron chi connectivity index (χ0n) is 8.84. The predicted octanol–water partition coefficient (Wildman–Crippen LogP) is 0.862. The zero-order chi connectivity index (χ0) is 11.7. The van der Waals surface area contributed by atoms with E-state index in [1.165, 1.54) is 0 Å². The van der Waals surface area contributed by atoms with E-state index in [-0.39, 0.29) is 0 Å². The smallest absolute Gasteiger partial charge is 0.248 e. The molecule has 1 amide bonds. The van der Waals surface area contributed by atoms with Crippen LogP contribution in [0.5, 0.6) is 0 Å². The van der Waals surface area contributed by atoms with Crippen molar-refractivity contribution in [2.75, 3.05) is 5.73 Å². The SMILES string of the molecule is Cc1cc(C(N)=O)ccc1-n1cc(N)cn1. The number of anilines is 1. The summed E-state index contributed by atoms with van der Waals surface area (Å²) in [4.78, 5) is 11.0. The Morgan fingerprint density at radius 1 is 1.44 bits per heavy atom. The first-order chi connectivity index (χ1) is 7.58. The molecule has 1 aromatic carbocycles. The molecule has 0 fully saturated rings. The van der Waals surface area contributed by atoms with E-state index in [1.807, 2.05) is 6.92 Å². The number of rotatable bonds is 2. The lowest BCUT2D eigenvalue weighted by Gasteiger charge is -2.06. The lowest BCUT2D eigenvalue weighted by Crippen LogP contribution is -2.11. The molecule has 2 rings (SSSR count). The van der Waals surface area contributed by atoms with Gasteiger partial charge in [-0.15, -0.1) is 0 Å². The second-order valence-corrected chi connectivity index (χ2v) is 3.58. The van der Waals surface area contributed by atoms with E-state index in [4.69, 9.17) is 11.5 Å². The Kier molecular flexibility index (Phi) is 2.36. The Balaban J connectivity index is 2.47. The van der Waals surface area contributed by atoms with Crippen LogP contribution in [0.2, 0.25) is 0 Å².